The third-order valence-corrected chi connectivity index (χ3v) is 4.17. The molecular formula is C15H21N3O. The summed E-state index contributed by atoms with van der Waals surface area (Å²) in [4.78, 5) is 14.3. The molecular weight excluding hydrogens is 238 g/mol. The van der Waals surface area contributed by atoms with E-state index in [9.17, 15) is 4.79 Å². The highest BCUT2D eigenvalue weighted by molar-refractivity contribution is 5.92. The fourth-order valence-corrected chi connectivity index (χ4v) is 3.12. The first-order chi connectivity index (χ1) is 9.20. The van der Waals surface area contributed by atoms with Crippen LogP contribution in [0.5, 0.6) is 0 Å². The molecule has 1 aromatic carbocycles. The maximum atomic E-state index is 12.0. The SMILES string of the molecule is Cc1ccc(NC(=O)CN2C[C@H]3CNC[C@H]3C2)cc1. The highest BCUT2D eigenvalue weighted by atomic mass is 16.2. The van der Waals surface area contributed by atoms with Crippen molar-refractivity contribution >= 4 is 11.6 Å². The maximum Gasteiger partial charge on any atom is 0.238 e. The van der Waals surface area contributed by atoms with Gasteiger partial charge in [-0.25, -0.2) is 0 Å². The van der Waals surface area contributed by atoms with Crippen LogP contribution in [0.25, 0.3) is 0 Å². The van der Waals surface area contributed by atoms with Crippen molar-refractivity contribution in [2.45, 2.75) is 6.92 Å². The minimum Gasteiger partial charge on any atom is -0.325 e. The summed E-state index contributed by atoms with van der Waals surface area (Å²) in [6.07, 6.45) is 0. The number of aryl methyl sites for hydroxylation is 1. The van der Waals surface area contributed by atoms with Crippen molar-refractivity contribution in [3.05, 3.63) is 29.8 Å². The van der Waals surface area contributed by atoms with E-state index in [1.165, 1.54) is 5.56 Å². The van der Waals surface area contributed by atoms with Crippen molar-refractivity contribution in [1.82, 2.24) is 10.2 Å². The number of benzene rings is 1. The number of hydrogen-bond donors (Lipinski definition) is 2. The predicted octanol–water partition coefficient (Wildman–Crippen LogP) is 1.08. The normalized spacial score (nSPS) is 26.4. The maximum absolute atomic E-state index is 12.0. The van der Waals surface area contributed by atoms with Crippen LogP contribution < -0.4 is 10.6 Å². The quantitative estimate of drug-likeness (QED) is 0.854. The second-order valence-electron chi connectivity index (χ2n) is 5.79. The van der Waals surface area contributed by atoms with Gasteiger partial charge in [-0.05, 0) is 44.0 Å². The number of carbonyl (C=O) groups is 1. The summed E-state index contributed by atoms with van der Waals surface area (Å²) < 4.78 is 0. The first-order valence-electron chi connectivity index (χ1n) is 7.00. The van der Waals surface area contributed by atoms with Crippen molar-refractivity contribution in [2.24, 2.45) is 11.8 Å². The van der Waals surface area contributed by atoms with Gasteiger partial charge in [0.05, 0.1) is 6.54 Å². The monoisotopic (exact) mass is 259 g/mol. The lowest BCUT2D eigenvalue weighted by molar-refractivity contribution is -0.117. The van der Waals surface area contributed by atoms with E-state index in [4.69, 9.17) is 0 Å². The van der Waals surface area contributed by atoms with Crippen LogP contribution in [0, 0.1) is 18.8 Å². The molecule has 2 saturated heterocycles. The smallest absolute Gasteiger partial charge is 0.238 e. The van der Waals surface area contributed by atoms with Crippen molar-refractivity contribution in [3.63, 3.8) is 0 Å². The molecule has 1 amide bonds. The summed E-state index contributed by atoms with van der Waals surface area (Å²) >= 11 is 0. The molecule has 4 nitrogen and oxygen atoms in total. The molecule has 2 atom stereocenters. The van der Waals surface area contributed by atoms with Crippen LogP contribution in [0.1, 0.15) is 5.56 Å². The molecule has 0 aliphatic carbocycles. The minimum atomic E-state index is 0.0942. The standard InChI is InChI=1S/C15H21N3O/c1-11-2-4-14(5-3-11)17-15(19)10-18-8-12-6-16-7-13(12)9-18/h2-5,12-13,16H,6-10H2,1H3,(H,17,19)/t12-,13+. The number of carbonyl (C=O) groups excluding carboxylic acids is 1. The molecule has 1 aromatic rings. The van der Waals surface area contributed by atoms with Crippen molar-refractivity contribution < 1.29 is 4.79 Å². The Morgan fingerprint density at radius 2 is 1.89 bits per heavy atom. The van der Waals surface area contributed by atoms with E-state index in [1.807, 2.05) is 31.2 Å². The Balaban J connectivity index is 1.50. The summed E-state index contributed by atoms with van der Waals surface area (Å²) in [7, 11) is 0. The van der Waals surface area contributed by atoms with E-state index >= 15 is 0 Å². The van der Waals surface area contributed by atoms with Gasteiger partial charge in [0.2, 0.25) is 5.91 Å². The van der Waals surface area contributed by atoms with Gasteiger partial charge in [0, 0.05) is 18.8 Å². The van der Waals surface area contributed by atoms with Crippen molar-refractivity contribution in [1.29, 1.82) is 0 Å². The zero-order valence-electron chi connectivity index (χ0n) is 11.4. The van der Waals surface area contributed by atoms with Gasteiger partial charge in [-0.2, -0.15) is 0 Å². The zero-order valence-corrected chi connectivity index (χ0v) is 11.4. The first-order valence-corrected chi connectivity index (χ1v) is 7.00. The summed E-state index contributed by atoms with van der Waals surface area (Å²) in [6.45, 7) is 6.89. The highest BCUT2D eigenvalue weighted by Crippen LogP contribution is 2.25. The van der Waals surface area contributed by atoms with E-state index in [2.05, 4.69) is 15.5 Å². The lowest BCUT2D eigenvalue weighted by atomic mass is 10.0. The topological polar surface area (TPSA) is 44.4 Å². The van der Waals surface area contributed by atoms with Crippen molar-refractivity contribution in [3.8, 4) is 0 Å². The second-order valence-corrected chi connectivity index (χ2v) is 5.79. The largest absolute Gasteiger partial charge is 0.325 e. The summed E-state index contributed by atoms with van der Waals surface area (Å²) in [6, 6.07) is 7.94. The summed E-state index contributed by atoms with van der Waals surface area (Å²) in [5, 5.41) is 6.38. The third kappa shape index (κ3) is 2.96. The lowest BCUT2D eigenvalue weighted by Crippen LogP contribution is -2.33. The number of nitrogens with one attached hydrogen (secondary N) is 2. The zero-order chi connectivity index (χ0) is 13.2. The summed E-state index contributed by atoms with van der Waals surface area (Å²) in [5.74, 6) is 1.58. The first kappa shape index (κ1) is 12.6. The Labute approximate surface area is 114 Å². The number of likely N-dealkylation sites (tertiary alicyclic amines) is 1. The van der Waals surface area contributed by atoms with Crippen LogP contribution in [0.2, 0.25) is 0 Å². The molecule has 4 heteroatoms. The average Bonchev–Trinajstić information content (AvgIpc) is 2.92. The molecule has 2 heterocycles. The van der Waals surface area contributed by atoms with Gasteiger partial charge in [-0.3, -0.25) is 9.69 Å². The highest BCUT2D eigenvalue weighted by Gasteiger charge is 2.36. The Bertz CT molecular complexity index is 445. The number of fused-ring (bicyclic) bond motifs is 1. The Morgan fingerprint density at radius 1 is 1.26 bits per heavy atom. The third-order valence-electron chi connectivity index (χ3n) is 4.17. The number of rotatable bonds is 3. The average molecular weight is 259 g/mol. The van der Waals surface area contributed by atoms with E-state index in [0.29, 0.717) is 6.54 Å². The van der Waals surface area contributed by atoms with E-state index in [0.717, 1.165) is 43.7 Å². The van der Waals surface area contributed by atoms with Gasteiger partial charge >= 0.3 is 0 Å². The Morgan fingerprint density at radius 3 is 2.53 bits per heavy atom. The van der Waals surface area contributed by atoms with E-state index < -0.39 is 0 Å². The van der Waals surface area contributed by atoms with Crippen LogP contribution in [0.4, 0.5) is 5.69 Å². The molecule has 0 unspecified atom stereocenters. The Hall–Kier alpha value is -1.39. The minimum absolute atomic E-state index is 0.0942. The number of anilines is 1. The van der Waals surface area contributed by atoms with Gasteiger partial charge in [-0.15, -0.1) is 0 Å². The molecule has 0 spiro atoms. The molecule has 19 heavy (non-hydrogen) atoms. The lowest BCUT2D eigenvalue weighted by Gasteiger charge is -2.16. The Kier molecular flexibility index (Phi) is 3.53. The number of hydrogen-bond acceptors (Lipinski definition) is 3. The fraction of sp³-hybridized carbons (Fsp3) is 0.533. The van der Waals surface area contributed by atoms with Gasteiger partial charge in [0.25, 0.3) is 0 Å². The molecule has 2 aliphatic rings. The molecule has 0 radical (unpaired) electrons. The van der Waals surface area contributed by atoms with Crippen LogP contribution in [0.3, 0.4) is 0 Å². The molecule has 0 aromatic heterocycles. The van der Waals surface area contributed by atoms with Crippen LogP contribution in [0.15, 0.2) is 24.3 Å². The van der Waals surface area contributed by atoms with Gasteiger partial charge in [-0.1, -0.05) is 17.7 Å². The molecule has 0 bridgehead atoms. The molecule has 2 aliphatic heterocycles. The van der Waals surface area contributed by atoms with Gasteiger partial charge in [0.1, 0.15) is 0 Å². The molecule has 2 N–H and O–H groups in total. The molecule has 0 saturated carbocycles. The van der Waals surface area contributed by atoms with E-state index in [1.54, 1.807) is 0 Å². The van der Waals surface area contributed by atoms with Crippen molar-refractivity contribution in [2.75, 3.05) is 38.0 Å². The van der Waals surface area contributed by atoms with Gasteiger partial charge < -0.3 is 10.6 Å². The molecule has 102 valence electrons. The number of nitrogens with zero attached hydrogens (tertiary/aromatic N) is 1. The fourth-order valence-electron chi connectivity index (χ4n) is 3.12. The predicted molar refractivity (Wildman–Crippen MR) is 76.1 cm³/mol. The van der Waals surface area contributed by atoms with Crippen LogP contribution in [-0.4, -0.2) is 43.5 Å². The van der Waals surface area contributed by atoms with Crippen LogP contribution in [-0.2, 0) is 4.79 Å². The molecule has 2 fully saturated rings. The van der Waals surface area contributed by atoms with E-state index in [-0.39, 0.29) is 5.91 Å². The number of amides is 1. The summed E-state index contributed by atoms with van der Waals surface area (Å²) in [5.41, 5.74) is 2.09. The van der Waals surface area contributed by atoms with Crippen LogP contribution >= 0.6 is 0 Å². The second kappa shape index (κ2) is 5.31. The van der Waals surface area contributed by atoms with Gasteiger partial charge in [0.15, 0.2) is 0 Å². The molecule has 3 rings (SSSR count).